The number of urea groups is 1. The van der Waals surface area contributed by atoms with Gasteiger partial charge in [0.1, 0.15) is 10.8 Å². The smallest absolute Gasteiger partial charge is 0.319 e. The van der Waals surface area contributed by atoms with Gasteiger partial charge in [0, 0.05) is 23.5 Å². The molecule has 27 heavy (non-hydrogen) atoms. The lowest BCUT2D eigenvalue weighted by Gasteiger charge is -2.27. The largest absolute Gasteiger partial charge is 0.439 e. The number of rotatable bonds is 3. The van der Waals surface area contributed by atoms with E-state index in [-0.39, 0.29) is 17.3 Å². The summed E-state index contributed by atoms with van der Waals surface area (Å²) >= 11 is 1.66. The van der Waals surface area contributed by atoms with E-state index >= 15 is 0 Å². The quantitative estimate of drug-likeness (QED) is 0.699. The monoisotopic (exact) mass is 376 g/mol. The highest BCUT2D eigenvalue weighted by molar-refractivity contribution is 7.99. The third-order valence-corrected chi connectivity index (χ3v) is 6.04. The first kappa shape index (κ1) is 16.1. The molecule has 5 rings (SSSR count). The fraction of sp³-hybridized carbons (Fsp3) is 0.150. The van der Waals surface area contributed by atoms with Gasteiger partial charge in [0.05, 0.1) is 17.0 Å². The molecule has 2 amide bonds. The number of amides is 2. The van der Waals surface area contributed by atoms with Gasteiger partial charge in [0.25, 0.3) is 0 Å². The fourth-order valence-corrected chi connectivity index (χ4v) is 4.95. The molecule has 6 nitrogen and oxygen atoms in total. The summed E-state index contributed by atoms with van der Waals surface area (Å²) in [4.78, 5) is 21.2. The molecule has 2 N–H and O–H groups in total. The lowest BCUT2D eigenvalue weighted by Crippen LogP contribution is -2.38. The number of hydrogen-bond donors (Lipinski definition) is 2. The molecule has 1 unspecified atom stereocenters. The number of carbonyl (C=O) groups is 1. The number of nitrogens with zero attached hydrogens (tertiary/aromatic N) is 2. The summed E-state index contributed by atoms with van der Waals surface area (Å²) in [6.07, 6.45) is 1.73. The van der Waals surface area contributed by atoms with Crippen molar-refractivity contribution in [2.45, 2.75) is 23.2 Å². The highest BCUT2D eigenvalue weighted by atomic mass is 32.2. The van der Waals surface area contributed by atoms with Gasteiger partial charge in [-0.15, -0.1) is 0 Å². The maximum Gasteiger partial charge on any atom is 0.319 e. The minimum absolute atomic E-state index is 0.0259. The lowest BCUT2D eigenvalue weighted by molar-refractivity contribution is 0.247. The van der Waals surface area contributed by atoms with Crippen molar-refractivity contribution in [2.75, 3.05) is 5.32 Å². The minimum Gasteiger partial charge on any atom is -0.439 e. The van der Waals surface area contributed by atoms with Crippen LogP contribution < -0.4 is 15.4 Å². The molecule has 0 saturated heterocycles. The zero-order valence-electron chi connectivity index (χ0n) is 14.5. The summed E-state index contributed by atoms with van der Waals surface area (Å²) < 4.78 is 5.83. The van der Waals surface area contributed by atoms with Crippen LogP contribution in [0, 0.1) is 6.92 Å². The van der Waals surface area contributed by atoms with Crippen molar-refractivity contribution >= 4 is 23.5 Å². The maximum atomic E-state index is 12.0. The molecule has 2 aliphatic heterocycles. The normalized spacial score (nSPS) is 19.8. The summed E-state index contributed by atoms with van der Waals surface area (Å²) in [6, 6.07) is 15.0. The standard InChI is InChI=1S/C20H16N4O2S/c1-11-13(7-8-15(22-11)26-12-5-3-2-4-6-12)18-17-16-14(23-20(25)24-17)9-10-21-19(16)27-18/h2-10,17-18H,1H3,(H2,23,24,25)/t17?,18-/m1/s1. The molecule has 0 aliphatic carbocycles. The number of carbonyl (C=O) groups excluding carboxylic acids is 1. The Hall–Kier alpha value is -3.06. The number of thioether (sulfide) groups is 1. The van der Waals surface area contributed by atoms with Gasteiger partial charge in [0.2, 0.25) is 5.88 Å². The predicted octanol–water partition coefficient (Wildman–Crippen LogP) is 4.60. The van der Waals surface area contributed by atoms with E-state index in [1.54, 1.807) is 18.0 Å². The van der Waals surface area contributed by atoms with Crippen LogP contribution >= 0.6 is 11.8 Å². The van der Waals surface area contributed by atoms with E-state index in [1.165, 1.54) is 0 Å². The highest BCUT2D eigenvalue weighted by Crippen LogP contribution is 2.55. The van der Waals surface area contributed by atoms with Crippen LogP contribution in [0.15, 0.2) is 59.8 Å². The molecule has 2 atom stereocenters. The Morgan fingerprint density at radius 1 is 1.11 bits per heavy atom. The topological polar surface area (TPSA) is 76.1 Å². The van der Waals surface area contributed by atoms with Crippen LogP contribution in [-0.4, -0.2) is 16.0 Å². The Kier molecular flexibility index (Phi) is 3.75. The summed E-state index contributed by atoms with van der Waals surface area (Å²) in [7, 11) is 0. The zero-order valence-corrected chi connectivity index (χ0v) is 15.3. The number of anilines is 1. The second-order valence-corrected chi connectivity index (χ2v) is 7.56. The SMILES string of the molecule is Cc1nc(Oc2ccccc2)ccc1[C@H]1Sc2nccc3c2C1NC(=O)N3. The summed E-state index contributed by atoms with van der Waals surface area (Å²) in [6.45, 7) is 1.97. The average molecular weight is 376 g/mol. The maximum absolute atomic E-state index is 12.0. The van der Waals surface area contributed by atoms with E-state index in [0.29, 0.717) is 5.88 Å². The van der Waals surface area contributed by atoms with Crippen molar-refractivity contribution in [1.82, 2.24) is 15.3 Å². The van der Waals surface area contributed by atoms with Crippen molar-refractivity contribution in [2.24, 2.45) is 0 Å². The molecule has 0 fully saturated rings. The van der Waals surface area contributed by atoms with Gasteiger partial charge in [-0.25, -0.2) is 14.8 Å². The molecule has 0 spiro atoms. The van der Waals surface area contributed by atoms with Gasteiger partial charge in [-0.2, -0.15) is 0 Å². The number of hydrogen-bond acceptors (Lipinski definition) is 5. The van der Waals surface area contributed by atoms with Crippen molar-refractivity contribution in [3.8, 4) is 11.6 Å². The van der Waals surface area contributed by atoms with Crippen LogP contribution in [0.2, 0.25) is 0 Å². The number of para-hydroxylation sites is 1. The molecule has 2 aliphatic rings. The highest BCUT2D eigenvalue weighted by Gasteiger charge is 2.41. The van der Waals surface area contributed by atoms with Gasteiger partial charge >= 0.3 is 6.03 Å². The Labute approximate surface area is 160 Å². The van der Waals surface area contributed by atoms with E-state index in [2.05, 4.69) is 20.6 Å². The first-order valence-corrected chi connectivity index (χ1v) is 9.50. The molecule has 0 radical (unpaired) electrons. The molecule has 1 aromatic carbocycles. The second-order valence-electron chi connectivity index (χ2n) is 6.43. The van der Waals surface area contributed by atoms with Crippen LogP contribution in [-0.2, 0) is 0 Å². The van der Waals surface area contributed by atoms with Crippen LogP contribution in [0.4, 0.5) is 10.5 Å². The molecule has 0 saturated carbocycles. The summed E-state index contributed by atoms with van der Waals surface area (Å²) in [5.41, 5.74) is 3.83. The van der Waals surface area contributed by atoms with E-state index < -0.39 is 0 Å². The van der Waals surface area contributed by atoms with Crippen LogP contribution in [0.1, 0.15) is 28.1 Å². The second kappa shape index (κ2) is 6.28. The van der Waals surface area contributed by atoms with Crippen molar-refractivity contribution in [3.63, 3.8) is 0 Å². The Balaban J connectivity index is 1.47. The van der Waals surface area contributed by atoms with Crippen molar-refractivity contribution < 1.29 is 9.53 Å². The summed E-state index contributed by atoms with van der Waals surface area (Å²) in [5, 5.41) is 6.86. The van der Waals surface area contributed by atoms with Gasteiger partial charge < -0.3 is 15.4 Å². The van der Waals surface area contributed by atoms with Gasteiger partial charge in [-0.05, 0) is 30.7 Å². The van der Waals surface area contributed by atoms with Gasteiger partial charge in [-0.1, -0.05) is 36.0 Å². The number of aromatic nitrogens is 2. The van der Waals surface area contributed by atoms with Crippen LogP contribution in [0.5, 0.6) is 11.6 Å². The van der Waals surface area contributed by atoms with E-state index in [0.717, 1.165) is 33.3 Å². The van der Waals surface area contributed by atoms with Gasteiger partial charge in [0.15, 0.2) is 0 Å². The Morgan fingerprint density at radius 2 is 1.96 bits per heavy atom. The molecular weight excluding hydrogens is 360 g/mol. The molecule has 3 aromatic rings. The Bertz CT molecular complexity index is 1040. The number of nitrogens with one attached hydrogen (secondary N) is 2. The van der Waals surface area contributed by atoms with E-state index in [4.69, 9.17) is 4.74 Å². The first-order chi connectivity index (χ1) is 13.2. The van der Waals surface area contributed by atoms with Crippen molar-refractivity contribution in [1.29, 1.82) is 0 Å². The number of ether oxygens (including phenoxy) is 1. The first-order valence-electron chi connectivity index (χ1n) is 8.62. The molecule has 7 heteroatoms. The molecular formula is C20H16N4O2S. The Morgan fingerprint density at radius 3 is 2.78 bits per heavy atom. The van der Waals surface area contributed by atoms with Gasteiger partial charge in [-0.3, -0.25) is 0 Å². The third kappa shape index (κ3) is 2.80. The molecule has 2 aromatic heterocycles. The van der Waals surface area contributed by atoms with Crippen LogP contribution in [0.25, 0.3) is 0 Å². The molecule has 4 heterocycles. The molecule has 134 valence electrons. The number of aryl methyl sites for hydroxylation is 1. The zero-order chi connectivity index (χ0) is 18.4. The average Bonchev–Trinajstić information content (AvgIpc) is 3.02. The van der Waals surface area contributed by atoms with Crippen molar-refractivity contribution in [3.05, 3.63) is 71.5 Å². The minimum atomic E-state index is -0.188. The molecule has 0 bridgehead atoms. The number of benzene rings is 1. The fourth-order valence-electron chi connectivity index (χ4n) is 3.50. The van der Waals surface area contributed by atoms with E-state index in [9.17, 15) is 4.79 Å². The van der Waals surface area contributed by atoms with E-state index in [1.807, 2.05) is 55.5 Å². The van der Waals surface area contributed by atoms with Crippen LogP contribution in [0.3, 0.4) is 0 Å². The third-order valence-electron chi connectivity index (χ3n) is 4.71. The summed E-state index contributed by atoms with van der Waals surface area (Å²) in [5.74, 6) is 1.30. The number of pyridine rings is 2. The lowest BCUT2D eigenvalue weighted by atomic mass is 9.96. The predicted molar refractivity (Wildman–Crippen MR) is 103 cm³/mol.